The van der Waals surface area contributed by atoms with Crippen LogP contribution in [0.2, 0.25) is 0 Å². The fourth-order valence-electron chi connectivity index (χ4n) is 4.51. The molecule has 0 spiro atoms. The highest BCUT2D eigenvalue weighted by Crippen LogP contribution is 2.44. The van der Waals surface area contributed by atoms with Crippen molar-refractivity contribution >= 4 is 22.8 Å². The molecule has 3 aliphatic rings. The highest BCUT2D eigenvalue weighted by molar-refractivity contribution is 7.79. The summed E-state index contributed by atoms with van der Waals surface area (Å²) in [6.45, 7) is 2.14. The summed E-state index contributed by atoms with van der Waals surface area (Å²) in [7, 11) is 2.05. The van der Waals surface area contributed by atoms with E-state index in [4.69, 9.17) is 4.42 Å². The third kappa shape index (κ3) is 3.71. The van der Waals surface area contributed by atoms with Crippen LogP contribution >= 0.6 is 0 Å². The first-order valence-electron chi connectivity index (χ1n) is 10.7. The minimum absolute atomic E-state index is 0.147. The molecule has 0 saturated carbocycles. The van der Waals surface area contributed by atoms with E-state index < -0.39 is 11.1 Å². The Labute approximate surface area is 194 Å². The highest BCUT2D eigenvalue weighted by Gasteiger charge is 2.35. The van der Waals surface area contributed by atoms with Gasteiger partial charge in [-0.15, -0.1) is 0 Å². The third-order valence-electron chi connectivity index (χ3n) is 6.41. The van der Waals surface area contributed by atoms with Gasteiger partial charge in [-0.2, -0.15) is 0 Å². The molecular weight excluding hydrogens is 434 g/mol. The number of hydrogen-bond acceptors (Lipinski definition) is 4. The van der Waals surface area contributed by atoms with Crippen molar-refractivity contribution in [2.24, 2.45) is 0 Å². The highest BCUT2D eigenvalue weighted by atomic mass is 32.2. The number of likely N-dealkylation sites (N-methyl/N-ethyl adjacent to an activating group) is 1. The van der Waals surface area contributed by atoms with Crippen molar-refractivity contribution in [2.75, 3.05) is 11.9 Å². The SMILES string of the molecule is CN(c1ccccc1)C1(C)C=Cc2c(oc3cc(=O)ccc-3c2-c2ccccc2S(=O)O)C1. The second kappa shape index (κ2) is 8.14. The molecule has 5 nitrogen and oxygen atoms in total. The minimum Gasteiger partial charge on any atom is -0.460 e. The molecule has 0 fully saturated rings. The number of anilines is 1. The van der Waals surface area contributed by atoms with Crippen LogP contribution in [0.1, 0.15) is 18.2 Å². The standard InChI is InChI=1S/C27H23NO4S/c1-27(28(2)18-8-4-3-5-9-18)15-14-21-24(17-27)32-23-16-19(29)12-13-20(23)26(21)22-10-6-7-11-25(22)33(30)31/h3-16H,17H2,1-2H3,(H,30,31). The Kier molecular flexibility index (Phi) is 5.27. The number of para-hydroxylation sites is 1. The van der Waals surface area contributed by atoms with E-state index in [1.807, 2.05) is 43.5 Å². The fraction of sp³-hybridized carbons (Fsp3) is 0.148. The zero-order valence-corrected chi connectivity index (χ0v) is 19.1. The summed E-state index contributed by atoms with van der Waals surface area (Å²) in [5.41, 5.74) is 3.61. The van der Waals surface area contributed by atoms with Crippen molar-refractivity contribution in [1.29, 1.82) is 0 Å². The van der Waals surface area contributed by atoms with Crippen molar-refractivity contribution in [3.05, 3.63) is 100 Å². The first kappa shape index (κ1) is 21.4. The first-order chi connectivity index (χ1) is 15.9. The van der Waals surface area contributed by atoms with E-state index in [1.54, 1.807) is 18.2 Å². The summed E-state index contributed by atoms with van der Waals surface area (Å²) in [5.74, 6) is 1.20. The van der Waals surface area contributed by atoms with Crippen molar-refractivity contribution in [2.45, 2.75) is 23.8 Å². The van der Waals surface area contributed by atoms with Crippen molar-refractivity contribution < 1.29 is 13.2 Å². The Bertz CT molecular complexity index is 1430. The van der Waals surface area contributed by atoms with Gasteiger partial charge >= 0.3 is 0 Å². The molecule has 0 radical (unpaired) electrons. The van der Waals surface area contributed by atoms with Crippen LogP contribution in [0.5, 0.6) is 0 Å². The van der Waals surface area contributed by atoms with Gasteiger partial charge in [0.05, 0.1) is 10.4 Å². The molecule has 0 amide bonds. The zero-order valence-electron chi connectivity index (χ0n) is 18.3. The zero-order chi connectivity index (χ0) is 23.2. The normalized spacial score (nSPS) is 18.2. The average Bonchev–Trinajstić information content (AvgIpc) is 2.82. The van der Waals surface area contributed by atoms with Gasteiger partial charge in [0.2, 0.25) is 0 Å². The maximum Gasteiger partial charge on any atom is 0.187 e. The summed E-state index contributed by atoms with van der Waals surface area (Å²) in [5, 5.41) is 0. The molecular formula is C27H23NO4S. The molecule has 6 heteroatoms. The first-order valence-corrected chi connectivity index (χ1v) is 11.8. The molecule has 2 aromatic rings. The predicted octanol–water partition coefficient (Wildman–Crippen LogP) is 5.46. The summed E-state index contributed by atoms with van der Waals surface area (Å²) in [6, 6.07) is 21.9. The van der Waals surface area contributed by atoms with Gasteiger partial charge in [0.25, 0.3) is 0 Å². The van der Waals surface area contributed by atoms with Gasteiger partial charge in [0, 0.05) is 47.5 Å². The second-order valence-corrected chi connectivity index (χ2v) is 9.42. The van der Waals surface area contributed by atoms with Crippen LogP contribution in [0.3, 0.4) is 0 Å². The Balaban J connectivity index is 1.74. The number of benzene rings is 3. The van der Waals surface area contributed by atoms with E-state index in [0.29, 0.717) is 22.6 Å². The van der Waals surface area contributed by atoms with Gasteiger partial charge in [-0.25, -0.2) is 4.21 Å². The fourth-order valence-corrected chi connectivity index (χ4v) is 5.07. The molecule has 2 aliphatic carbocycles. The minimum atomic E-state index is -2.16. The topological polar surface area (TPSA) is 70.8 Å². The van der Waals surface area contributed by atoms with Crippen LogP contribution in [0, 0.1) is 0 Å². The van der Waals surface area contributed by atoms with Crippen LogP contribution in [-0.4, -0.2) is 21.3 Å². The smallest absolute Gasteiger partial charge is 0.187 e. The van der Waals surface area contributed by atoms with Gasteiger partial charge in [-0.3, -0.25) is 4.79 Å². The maximum atomic E-state index is 12.1. The van der Waals surface area contributed by atoms with Crippen LogP contribution in [0.15, 0.2) is 93.0 Å². The molecule has 0 saturated heterocycles. The summed E-state index contributed by atoms with van der Waals surface area (Å²) >= 11 is -2.16. The van der Waals surface area contributed by atoms with Crippen LogP contribution in [-0.2, 0) is 17.5 Å². The molecule has 0 bridgehead atoms. The molecule has 2 aromatic carbocycles. The average molecular weight is 458 g/mol. The van der Waals surface area contributed by atoms with Crippen LogP contribution in [0.25, 0.3) is 28.5 Å². The van der Waals surface area contributed by atoms with Gasteiger partial charge < -0.3 is 13.9 Å². The van der Waals surface area contributed by atoms with E-state index >= 15 is 0 Å². The van der Waals surface area contributed by atoms with Crippen LogP contribution in [0.4, 0.5) is 5.69 Å². The lowest BCUT2D eigenvalue weighted by molar-refractivity contribution is 0.436. The summed E-state index contributed by atoms with van der Waals surface area (Å²) in [6.07, 6.45) is 4.74. The largest absolute Gasteiger partial charge is 0.460 e. The molecule has 1 heterocycles. The summed E-state index contributed by atoms with van der Waals surface area (Å²) in [4.78, 5) is 14.6. The molecule has 5 rings (SSSR count). The Morgan fingerprint density at radius 1 is 1.00 bits per heavy atom. The van der Waals surface area contributed by atoms with E-state index in [-0.39, 0.29) is 11.0 Å². The molecule has 1 aliphatic heterocycles. The lowest BCUT2D eigenvalue weighted by Crippen LogP contribution is -2.45. The van der Waals surface area contributed by atoms with E-state index in [9.17, 15) is 13.6 Å². The Morgan fingerprint density at radius 2 is 1.73 bits per heavy atom. The lowest BCUT2D eigenvalue weighted by Gasteiger charge is -2.40. The van der Waals surface area contributed by atoms with Gasteiger partial charge in [0.15, 0.2) is 16.5 Å². The van der Waals surface area contributed by atoms with Gasteiger partial charge in [0.1, 0.15) is 11.5 Å². The second-order valence-electron chi connectivity index (χ2n) is 8.48. The number of fused-ring (bicyclic) bond motifs is 2. The third-order valence-corrected chi connectivity index (χ3v) is 7.14. The Hall–Kier alpha value is -3.48. The number of rotatable bonds is 4. The molecule has 33 heavy (non-hydrogen) atoms. The number of nitrogens with zero attached hydrogens (tertiary/aromatic N) is 1. The van der Waals surface area contributed by atoms with E-state index in [2.05, 4.69) is 30.0 Å². The van der Waals surface area contributed by atoms with E-state index in [0.717, 1.165) is 28.1 Å². The van der Waals surface area contributed by atoms with Crippen molar-refractivity contribution in [3.8, 4) is 22.5 Å². The molecule has 166 valence electrons. The van der Waals surface area contributed by atoms with Crippen molar-refractivity contribution in [3.63, 3.8) is 0 Å². The van der Waals surface area contributed by atoms with E-state index in [1.165, 1.54) is 12.1 Å². The van der Waals surface area contributed by atoms with Gasteiger partial charge in [-0.1, -0.05) is 48.6 Å². The maximum absolute atomic E-state index is 12.1. The van der Waals surface area contributed by atoms with Crippen molar-refractivity contribution in [1.82, 2.24) is 0 Å². The van der Waals surface area contributed by atoms with Gasteiger partial charge in [-0.05, 0) is 37.3 Å². The predicted molar refractivity (Wildman–Crippen MR) is 132 cm³/mol. The monoisotopic (exact) mass is 457 g/mol. The Morgan fingerprint density at radius 3 is 2.48 bits per heavy atom. The molecule has 2 unspecified atom stereocenters. The lowest BCUT2D eigenvalue weighted by atomic mass is 9.82. The molecule has 1 N–H and O–H groups in total. The molecule has 2 atom stereocenters. The molecule has 0 aromatic heterocycles. The quantitative estimate of drug-likeness (QED) is 0.412. The number of hydrogen-bond donors (Lipinski definition) is 1. The summed E-state index contributed by atoms with van der Waals surface area (Å²) < 4.78 is 28.4. The van der Waals surface area contributed by atoms with Crippen LogP contribution < -0.4 is 10.3 Å².